The van der Waals surface area contributed by atoms with Gasteiger partial charge in [-0.15, -0.1) is 10.2 Å². The first-order valence-electron chi connectivity index (χ1n) is 8.05. The Balaban J connectivity index is 1.86. The summed E-state index contributed by atoms with van der Waals surface area (Å²) in [5, 5.41) is 11.4. The van der Waals surface area contributed by atoms with E-state index < -0.39 is 0 Å². The molecule has 1 aromatic carbocycles. The number of nitrogens with one attached hydrogen (secondary N) is 1. The average Bonchev–Trinajstić information content (AvgIpc) is 3.01. The number of nitrogens with zero attached hydrogens (tertiary/aromatic N) is 2. The molecule has 2 aromatic rings. The molecule has 0 aliphatic carbocycles. The lowest BCUT2D eigenvalue weighted by molar-refractivity contribution is -0.121. The molecule has 2 rings (SSSR count). The average molecular weight is 362 g/mol. The molecular formula is C17H22N4O3S. The summed E-state index contributed by atoms with van der Waals surface area (Å²) in [6.45, 7) is 6.18. The Bertz CT molecular complexity index is 760. The predicted molar refractivity (Wildman–Crippen MR) is 96.8 cm³/mol. The second-order valence-electron chi connectivity index (χ2n) is 5.60. The van der Waals surface area contributed by atoms with Crippen molar-refractivity contribution in [3.63, 3.8) is 0 Å². The summed E-state index contributed by atoms with van der Waals surface area (Å²) in [4.78, 5) is 24.3. The summed E-state index contributed by atoms with van der Waals surface area (Å²) < 4.78 is 5.46. The maximum absolute atomic E-state index is 12.3. The minimum atomic E-state index is -0.287. The van der Waals surface area contributed by atoms with Gasteiger partial charge in [0, 0.05) is 18.4 Å². The lowest BCUT2D eigenvalue weighted by Crippen LogP contribution is -2.26. The van der Waals surface area contributed by atoms with Crippen molar-refractivity contribution in [3.05, 3.63) is 34.3 Å². The van der Waals surface area contributed by atoms with Crippen molar-refractivity contribution in [3.8, 4) is 5.75 Å². The standard InChI is InChI=1S/C17H22N4O3S/c1-4-24-14-7-5-12(9-10(14)2)13(22)6-8-15(23)19-11(3)16-20-21-17(18)25-16/h5,7,9,11H,4,6,8H2,1-3H3,(H2,18,21)(H,19,23). The molecule has 134 valence electrons. The first-order chi connectivity index (χ1) is 11.9. The van der Waals surface area contributed by atoms with E-state index in [1.54, 1.807) is 25.1 Å². The van der Waals surface area contributed by atoms with Gasteiger partial charge in [-0.05, 0) is 44.5 Å². The lowest BCUT2D eigenvalue weighted by atomic mass is 10.0. The minimum Gasteiger partial charge on any atom is -0.494 e. The number of aryl methyl sites for hydroxylation is 1. The first-order valence-corrected chi connectivity index (χ1v) is 8.87. The molecule has 7 nitrogen and oxygen atoms in total. The number of amides is 1. The summed E-state index contributed by atoms with van der Waals surface area (Å²) >= 11 is 1.23. The molecule has 1 unspecified atom stereocenters. The largest absolute Gasteiger partial charge is 0.494 e. The van der Waals surface area contributed by atoms with E-state index in [4.69, 9.17) is 10.5 Å². The van der Waals surface area contributed by atoms with E-state index in [1.165, 1.54) is 11.3 Å². The van der Waals surface area contributed by atoms with E-state index >= 15 is 0 Å². The molecule has 25 heavy (non-hydrogen) atoms. The predicted octanol–water partition coefficient (Wildman–Crippen LogP) is 2.67. The molecule has 0 radical (unpaired) electrons. The summed E-state index contributed by atoms with van der Waals surface area (Å²) in [5.41, 5.74) is 7.01. The Morgan fingerprint density at radius 3 is 2.68 bits per heavy atom. The van der Waals surface area contributed by atoms with Gasteiger partial charge in [0.15, 0.2) is 5.78 Å². The maximum atomic E-state index is 12.3. The van der Waals surface area contributed by atoms with Crippen LogP contribution in [0.2, 0.25) is 0 Å². The third-order valence-corrected chi connectivity index (χ3v) is 4.52. The van der Waals surface area contributed by atoms with Gasteiger partial charge < -0.3 is 15.8 Å². The molecule has 8 heteroatoms. The highest BCUT2D eigenvalue weighted by atomic mass is 32.1. The van der Waals surface area contributed by atoms with Crippen LogP contribution in [0.1, 0.15) is 53.7 Å². The molecule has 0 aliphatic rings. The number of Topliss-reactive ketones (excluding diaryl/α,β-unsaturated/α-hetero) is 1. The highest BCUT2D eigenvalue weighted by Crippen LogP contribution is 2.21. The van der Waals surface area contributed by atoms with Crippen LogP contribution < -0.4 is 15.8 Å². The van der Waals surface area contributed by atoms with Gasteiger partial charge in [0.1, 0.15) is 10.8 Å². The molecule has 0 saturated carbocycles. The molecule has 0 aliphatic heterocycles. The number of carbonyl (C=O) groups excluding carboxylic acids is 2. The number of ether oxygens (including phenoxy) is 1. The van der Waals surface area contributed by atoms with Crippen LogP contribution in [0.3, 0.4) is 0 Å². The molecule has 1 heterocycles. The number of nitrogens with two attached hydrogens (primary N) is 1. The van der Waals surface area contributed by atoms with Gasteiger partial charge in [-0.3, -0.25) is 9.59 Å². The summed E-state index contributed by atoms with van der Waals surface area (Å²) in [6, 6.07) is 5.02. The number of hydrogen-bond donors (Lipinski definition) is 2. The molecule has 1 amide bonds. The molecule has 0 bridgehead atoms. The molecule has 0 fully saturated rings. The van der Waals surface area contributed by atoms with Gasteiger partial charge in [0.05, 0.1) is 12.6 Å². The molecule has 3 N–H and O–H groups in total. The SMILES string of the molecule is CCOc1ccc(C(=O)CCC(=O)NC(C)c2nnc(N)s2)cc1C. The Hall–Kier alpha value is -2.48. The van der Waals surface area contributed by atoms with Crippen molar-refractivity contribution < 1.29 is 14.3 Å². The Labute approximate surface area is 150 Å². The maximum Gasteiger partial charge on any atom is 0.221 e. The van der Waals surface area contributed by atoms with E-state index in [-0.39, 0.29) is 30.6 Å². The fourth-order valence-electron chi connectivity index (χ4n) is 2.31. The monoisotopic (exact) mass is 362 g/mol. The number of hydrogen-bond acceptors (Lipinski definition) is 7. The van der Waals surface area contributed by atoms with Crippen molar-refractivity contribution in [2.75, 3.05) is 12.3 Å². The number of nitrogen functional groups attached to an aromatic ring is 1. The van der Waals surface area contributed by atoms with Crippen molar-refractivity contribution in [1.29, 1.82) is 0 Å². The molecule has 1 aromatic heterocycles. The number of rotatable bonds is 8. The zero-order valence-electron chi connectivity index (χ0n) is 14.5. The number of aromatic nitrogens is 2. The second kappa shape index (κ2) is 8.57. The molecule has 1 atom stereocenters. The summed E-state index contributed by atoms with van der Waals surface area (Å²) in [6.07, 6.45) is 0.258. The van der Waals surface area contributed by atoms with E-state index in [0.29, 0.717) is 22.3 Å². The zero-order chi connectivity index (χ0) is 18.4. The molecule has 0 saturated heterocycles. The van der Waals surface area contributed by atoms with Crippen LogP contribution in [0.4, 0.5) is 5.13 Å². The van der Waals surface area contributed by atoms with Crippen LogP contribution in [0.15, 0.2) is 18.2 Å². The van der Waals surface area contributed by atoms with Crippen LogP contribution in [0, 0.1) is 6.92 Å². The van der Waals surface area contributed by atoms with Crippen LogP contribution in [0.5, 0.6) is 5.75 Å². The van der Waals surface area contributed by atoms with Crippen LogP contribution in [-0.2, 0) is 4.79 Å². The van der Waals surface area contributed by atoms with Crippen molar-refractivity contribution in [2.45, 2.75) is 39.7 Å². The van der Waals surface area contributed by atoms with Gasteiger partial charge >= 0.3 is 0 Å². The fraction of sp³-hybridized carbons (Fsp3) is 0.412. The van der Waals surface area contributed by atoms with Gasteiger partial charge in [-0.2, -0.15) is 0 Å². The van der Waals surface area contributed by atoms with Gasteiger partial charge in [0.25, 0.3) is 0 Å². The lowest BCUT2D eigenvalue weighted by Gasteiger charge is -2.11. The smallest absolute Gasteiger partial charge is 0.221 e. The molecule has 0 spiro atoms. The Morgan fingerprint density at radius 2 is 2.08 bits per heavy atom. The van der Waals surface area contributed by atoms with Crippen LogP contribution >= 0.6 is 11.3 Å². The highest BCUT2D eigenvalue weighted by Gasteiger charge is 2.16. The van der Waals surface area contributed by atoms with Gasteiger partial charge in [-0.1, -0.05) is 11.3 Å². The van der Waals surface area contributed by atoms with E-state index in [0.717, 1.165) is 11.3 Å². The van der Waals surface area contributed by atoms with Crippen LogP contribution in [-0.4, -0.2) is 28.5 Å². The highest BCUT2D eigenvalue weighted by molar-refractivity contribution is 7.15. The molecular weight excluding hydrogens is 340 g/mol. The topological polar surface area (TPSA) is 107 Å². The normalized spacial score (nSPS) is 11.8. The van der Waals surface area contributed by atoms with Crippen molar-refractivity contribution in [1.82, 2.24) is 15.5 Å². The van der Waals surface area contributed by atoms with E-state index in [9.17, 15) is 9.59 Å². The van der Waals surface area contributed by atoms with E-state index in [2.05, 4.69) is 15.5 Å². The fourth-order valence-corrected chi connectivity index (χ4v) is 2.92. The van der Waals surface area contributed by atoms with Crippen molar-refractivity contribution in [2.24, 2.45) is 0 Å². The number of carbonyl (C=O) groups is 2. The van der Waals surface area contributed by atoms with Gasteiger partial charge in [-0.25, -0.2) is 0 Å². The minimum absolute atomic E-state index is 0.0749. The third kappa shape index (κ3) is 5.25. The second-order valence-corrected chi connectivity index (χ2v) is 6.64. The van der Waals surface area contributed by atoms with Gasteiger partial charge in [0.2, 0.25) is 11.0 Å². The first kappa shape index (κ1) is 18.9. The number of ketones is 1. The number of anilines is 1. The zero-order valence-corrected chi connectivity index (χ0v) is 15.4. The Kier molecular flexibility index (Phi) is 6.46. The Morgan fingerprint density at radius 1 is 1.32 bits per heavy atom. The van der Waals surface area contributed by atoms with E-state index in [1.807, 2.05) is 13.8 Å². The third-order valence-electron chi connectivity index (χ3n) is 3.58. The summed E-state index contributed by atoms with van der Waals surface area (Å²) in [7, 11) is 0. The number of benzene rings is 1. The summed E-state index contributed by atoms with van der Waals surface area (Å²) in [5.74, 6) is 0.480. The quantitative estimate of drug-likeness (QED) is 0.699. The van der Waals surface area contributed by atoms with Crippen LogP contribution in [0.25, 0.3) is 0 Å². The van der Waals surface area contributed by atoms with Crippen molar-refractivity contribution >= 4 is 28.2 Å².